The molecule has 0 amide bonds. The van der Waals surface area contributed by atoms with Gasteiger partial charge in [0.15, 0.2) is 0 Å². The maximum Gasteiger partial charge on any atom is 0.123 e. The number of halogens is 1. The average molecular weight is 221 g/mol. The summed E-state index contributed by atoms with van der Waals surface area (Å²) < 4.78 is 18.6. The van der Waals surface area contributed by atoms with Crippen LogP contribution in [0.5, 0.6) is 0 Å². The topological polar surface area (TPSA) is 35.2 Å². The molecule has 2 heterocycles. The van der Waals surface area contributed by atoms with Gasteiger partial charge in [0.2, 0.25) is 0 Å². The first-order valence-corrected chi connectivity index (χ1v) is 5.90. The number of fused-ring (bicyclic) bond motifs is 2. The average Bonchev–Trinajstić information content (AvgIpc) is 2.91. The van der Waals surface area contributed by atoms with Gasteiger partial charge < -0.3 is 10.5 Å². The molecule has 0 spiro atoms. The van der Waals surface area contributed by atoms with E-state index in [4.69, 9.17) is 10.5 Å². The number of ether oxygens (including phenoxy) is 1. The molecular weight excluding hydrogens is 205 g/mol. The predicted octanol–water partition coefficient (Wildman–Crippen LogP) is 2.39. The molecule has 3 heteroatoms. The van der Waals surface area contributed by atoms with Crippen molar-refractivity contribution in [2.45, 2.75) is 37.5 Å². The molecule has 0 radical (unpaired) electrons. The summed E-state index contributed by atoms with van der Waals surface area (Å²) in [5.74, 6) is 0.198. The minimum absolute atomic E-state index is 0.0177. The first-order chi connectivity index (χ1) is 7.74. The van der Waals surface area contributed by atoms with Crippen LogP contribution >= 0.6 is 0 Å². The molecule has 2 bridgehead atoms. The van der Waals surface area contributed by atoms with Crippen molar-refractivity contribution in [1.82, 2.24) is 0 Å². The van der Waals surface area contributed by atoms with Gasteiger partial charge in [-0.1, -0.05) is 12.1 Å². The smallest absolute Gasteiger partial charge is 0.123 e. The van der Waals surface area contributed by atoms with Crippen molar-refractivity contribution in [3.05, 3.63) is 35.6 Å². The maximum absolute atomic E-state index is 12.8. The SMILES string of the molecule is NC(c1ccc(F)cc1)C1CC2CCC1O2. The minimum Gasteiger partial charge on any atom is -0.375 e. The highest BCUT2D eigenvalue weighted by Crippen LogP contribution is 2.43. The molecule has 3 rings (SSSR count). The van der Waals surface area contributed by atoms with E-state index in [2.05, 4.69) is 0 Å². The number of rotatable bonds is 2. The summed E-state index contributed by atoms with van der Waals surface area (Å²) in [4.78, 5) is 0. The Morgan fingerprint density at radius 1 is 1.25 bits per heavy atom. The standard InChI is InChI=1S/C13H16FNO/c14-9-3-1-8(2-4-9)13(15)11-7-10-5-6-12(11)16-10/h1-4,10-13H,5-7,15H2. The van der Waals surface area contributed by atoms with E-state index in [9.17, 15) is 4.39 Å². The third-order valence-corrected chi connectivity index (χ3v) is 3.87. The third kappa shape index (κ3) is 1.64. The lowest BCUT2D eigenvalue weighted by Gasteiger charge is -2.25. The molecule has 0 saturated carbocycles. The van der Waals surface area contributed by atoms with Gasteiger partial charge in [-0.3, -0.25) is 0 Å². The Morgan fingerprint density at radius 2 is 2.00 bits per heavy atom. The van der Waals surface area contributed by atoms with Crippen molar-refractivity contribution in [3.8, 4) is 0 Å². The molecule has 2 aliphatic heterocycles. The minimum atomic E-state index is -0.208. The number of benzene rings is 1. The van der Waals surface area contributed by atoms with Crippen molar-refractivity contribution < 1.29 is 9.13 Å². The summed E-state index contributed by atoms with van der Waals surface area (Å²) in [6.45, 7) is 0. The van der Waals surface area contributed by atoms with Crippen LogP contribution in [0.1, 0.15) is 30.9 Å². The molecule has 86 valence electrons. The van der Waals surface area contributed by atoms with E-state index in [1.807, 2.05) is 0 Å². The van der Waals surface area contributed by atoms with Crippen molar-refractivity contribution in [2.75, 3.05) is 0 Å². The van der Waals surface area contributed by atoms with Crippen LogP contribution in [0.2, 0.25) is 0 Å². The van der Waals surface area contributed by atoms with Gasteiger partial charge in [0, 0.05) is 12.0 Å². The van der Waals surface area contributed by atoms with Gasteiger partial charge in [0.1, 0.15) is 5.82 Å². The fourth-order valence-corrected chi connectivity index (χ4v) is 2.99. The van der Waals surface area contributed by atoms with Crippen LogP contribution in [0.15, 0.2) is 24.3 Å². The summed E-state index contributed by atoms with van der Waals surface area (Å²) >= 11 is 0. The zero-order chi connectivity index (χ0) is 11.1. The van der Waals surface area contributed by atoms with Gasteiger partial charge >= 0.3 is 0 Å². The van der Waals surface area contributed by atoms with E-state index in [0.717, 1.165) is 18.4 Å². The lowest BCUT2D eigenvalue weighted by Crippen LogP contribution is -2.29. The Balaban J connectivity index is 1.77. The van der Waals surface area contributed by atoms with Crippen LogP contribution in [-0.2, 0) is 4.74 Å². The molecule has 2 aliphatic rings. The lowest BCUT2D eigenvalue weighted by atomic mass is 9.81. The second-order valence-corrected chi connectivity index (χ2v) is 4.85. The molecule has 16 heavy (non-hydrogen) atoms. The van der Waals surface area contributed by atoms with Crippen LogP contribution in [0, 0.1) is 11.7 Å². The van der Waals surface area contributed by atoms with E-state index in [0.29, 0.717) is 18.1 Å². The Hall–Kier alpha value is -0.930. The Kier molecular flexibility index (Phi) is 2.45. The van der Waals surface area contributed by atoms with E-state index in [-0.39, 0.29) is 11.9 Å². The van der Waals surface area contributed by atoms with Crippen LogP contribution in [0.3, 0.4) is 0 Å². The van der Waals surface area contributed by atoms with Gasteiger partial charge in [-0.2, -0.15) is 0 Å². The fourth-order valence-electron chi connectivity index (χ4n) is 2.99. The van der Waals surface area contributed by atoms with Crippen molar-refractivity contribution in [3.63, 3.8) is 0 Å². The zero-order valence-corrected chi connectivity index (χ0v) is 9.10. The zero-order valence-electron chi connectivity index (χ0n) is 9.10. The van der Waals surface area contributed by atoms with Gasteiger partial charge in [0.25, 0.3) is 0 Å². The molecule has 2 N–H and O–H groups in total. The molecule has 1 aromatic carbocycles. The van der Waals surface area contributed by atoms with Crippen LogP contribution < -0.4 is 5.73 Å². The quantitative estimate of drug-likeness (QED) is 0.832. The molecule has 0 aliphatic carbocycles. The molecule has 2 fully saturated rings. The van der Waals surface area contributed by atoms with Crippen LogP contribution in [0.4, 0.5) is 4.39 Å². The fraction of sp³-hybridized carbons (Fsp3) is 0.538. The molecule has 4 atom stereocenters. The monoisotopic (exact) mass is 221 g/mol. The van der Waals surface area contributed by atoms with Crippen molar-refractivity contribution in [1.29, 1.82) is 0 Å². The second kappa shape index (κ2) is 3.82. The molecule has 4 unspecified atom stereocenters. The van der Waals surface area contributed by atoms with E-state index < -0.39 is 0 Å². The summed E-state index contributed by atoms with van der Waals surface area (Å²) in [6.07, 6.45) is 4.11. The van der Waals surface area contributed by atoms with Gasteiger partial charge in [-0.25, -0.2) is 4.39 Å². The Bertz CT molecular complexity index is 378. The van der Waals surface area contributed by atoms with E-state index in [1.54, 1.807) is 12.1 Å². The molecular formula is C13H16FNO. The third-order valence-electron chi connectivity index (χ3n) is 3.87. The second-order valence-electron chi connectivity index (χ2n) is 4.85. The first kappa shape index (κ1) is 10.2. The van der Waals surface area contributed by atoms with Crippen LogP contribution in [0.25, 0.3) is 0 Å². The first-order valence-electron chi connectivity index (χ1n) is 5.90. The van der Waals surface area contributed by atoms with Gasteiger partial charge in [-0.15, -0.1) is 0 Å². The highest BCUT2D eigenvalue weighted by Gasteiger charge is 2.43. The predicted molar refractivity (Wildman–Crippen MR) is 59.3 cm³/mol. The number of hydrogen-bond donors (Lipinski definition) is 1. The van der Waals surface area contributed by atoms with Crippen LogP contribution in [-0.4, -0.2) is 12.2 Å². The highest BCUT2D eigenvalue weighted by molar-refractivity contribution is 5.21. The Morgan fingerprint density at radius 3 is 2.56 bits per heavy atom. The lowest BCUT2D eigenvalue weighted by molar-refractivity contribution is 0.0885. The Labute approximate surface area is 94.6 Å². The summed E-state index contributed by atoms with van der Waals surface area (Å²) in [5, 5.41) is 0. The number of hydrogen-bond acceptors (Lipinski definition) is 2. The van der Waals surface area contributed by atoms with Crippen molar-refractivity contribution in [2.24, 2.45) is 11.7 Å². The molecule has 1 aromatic rings. The van der Waals surface area contributed by atoms with E-state index in [1.165, 1.54) is 18.6 Å². The van der Waals surface area contributed by atoms with Crippen molar-refractivity contribution >= 4 is 0 Å². The number of nitrogens with two attached hydrogens (primary N) is 1. The summed E-state index contributed by atoms with van der Waals surface area (Å²) in [7, 11) is 0. The van der Waals surface area contributed by atoms with Gasteiger partial charge in [-0.05, 0) is 37.0 Å². The normalized spacial score (nSPS) is 34.2. The largest absolute Gasteiger partial charge is 0.375 e. The van der Waals surface area contributed by atoms with Gasteiger partial charge in [0.05, 0.1) is 12.2 Å². The summed E-state index contributed by atoms with van der Waals surface area (Å²) in [6, 6.07) is 6.50. The maximum atomic E-state index is 12.8. The molecule has 2 nitrogen and oxygen atoms in total. The van der Waals surface area contributed by atoms with E-state index >= 15 is 0 Å². The molecule has 0 aromatic heterocycles. The summed E-state index contributed by atoms with van der Waals surface area (Å²) in [5.41, 5.74) is 7.25. The highest BCUT2D eigenvalue weighted by atomic mass is 19.1. The molecule has 2 saturated heterocycles.